The lowest BCUT2D eigenvalue weighted by atomic mass is 9.90. The van der Waals surface area contributed by atoms with Crippen molar-refractivity contribution in [3.05, 3.63) is 35.4 Å². The molecule has 3 aliphatic rings. The molecule has 1 amide bonds. The van der Waals surface area contributed by atoms with E-state index < -0.39 is 5.97 Å². The van der Waals surface area contributed by atoms with Gasteiger partial charge in [0.05, 0.1) is 5.92 Å². The highest BCUT2D eigenvalue weighted by Gasteiger charge is 2.59. The zero-order valence-corrected chi connectivity index (χ0v) is 15.1. The van der Waals surface area contributed by atoms with Crippen LogP contribution in [0, 0.1) is 17.3 Å². The van der Waals surface area contributed by atoms with Crippen LogP contribution in [0.1, 0.15) is 62.5 Å². The molecule has 1 heterocycles. The van der Waals surface area contributed by atoms with E-state index in [1.165, 1.54) is 11.1 Å². The third kappa shape index (κ3) is 2.96. The quantitative estimate of drug-likeness (QED) is 0.910. The Kier molecular flexibility index (Phi) is 3.89. The Hall–Kier alpha value is -1.84. The molecule has 4 heteroatoms. The van der Waals surface area contributed by atoms with E-state index in [1.807, 2.05) is 4.90 Å². The molecule has 3 atom stereocenters. The van der Waals surface area contributed by atoms with E-state index in [4.69, 9.17) is 0 Å². The molecule has 0 aromatic heterocycles. The molecule has 1 aromatic carbocycles. The first-order valence-corrected chi connectivity index (χ1v) is 9.53. The lowest BCUT2D eigenvalue weighted by Gasteiger charge is -2.33. The number of benzene rings is 1. The van der Waals surface area contributed by atoms with Crippen molar-refractivity contribution in [2.24, 2.45) is 17.3 Å². The minimum absolute atomic E-state index is 0.00174. The second-order valence-electron chi connectivity index (χ2n) is 8.55. The monoisotopic (exact) mass is 341 g/mol. The van der Waals surface area contributed by atoms with E-state index in [0.717, 1.165) is 38.8 Å². The Labute approximate surface area is 149 Å². The van der Waals surface area contributed by atoms with Crippen molar-refractivity contribution in [2.75, 3.05) is 13.1 Å². The molecule has 4 rings (SSSR count). The van der Waals surface area contributed by atoms with Gasteiger partial charge in [0.2, 0.25) is 5.91 Å². The smallest absolute Gasteiger partial charge is 0.307 e. The highest BCUT2D eigenvalue weighted by atomic mass is 16.4. The number of aliphatic carboxylic acids is 1. The molecule has 4 nitrogen and oxygen atoms in total. The summed E-state index contributed by atoms with van der Waals surface area (Å²) in [6.45, 7) is 5.85. The Morgan fingerprint density at radius 3 is 2.32 bits per heavy atom. The van der Waals surface area contributed by atoms with Gasteiger partial charge in [0.15, 0.2) is 0 Å². The van der Waals surface area contributed by atoms with E-state index in [9.17, 15) is 14.7 Å². The van der Waals surface area contributed by atoms with Gasteiger partial charge in [0.25, 0.3) is 0 Å². The normalized spacial score (nSPS) is 29.7. The molecule has 2 aliphatic carbocycles. The topological polar surface area (TPSA) is 57.6 Å². The second kappa shape index (κ2) is 5.86. The standard InChI is InChI=1S/C21H27NO3/c1-13(2)14-3-5-15(6-4-14)16-11-17(16)19(23)22-9-7-21(8-10-22)12-18(21)20(24)25/h3-6,13,16-18H,7-12H2,1-2H3,(H,24,25). The predicted octanol–water partition coefficient (Wildman–Crippen LogP) is 3.63. The largest absolute Gasteiger partial charge is 0.481 e. The van der Waals surface area contributed by atoms with Crippen molar-refractivity contribution < 1.29 is 14.7 Å². The molecule has 1 aromatic rings. The molecule has 25 heavy (non-hydrogen) atoms. The van der Waals surface area contributed by atoms with Gasteiger partial charge in [-0.3, -0.25) is 9.59 Å². The van der Waals surface area contributed by atoms with Crippen molar-refractivity contribution in [3.63, 3.8) is 0 Å². The fraction of sp³-hybridized carbons (Fsp3) is 0.619. The minimum Gasteiger partial charge on any atom is -0.481 e. The number of likely N-dealkylation sites (tertiary alicyclic amines) is 1. The molecule has 1 saturated heterocycles. The maximum atomic E-state index is 12.8. The van der Waals surface area contributed by atoms with Crippen molar-refractivity contribution >= 4 is 11.9 Å². The zero-order valence-electron chi connectivity index (χ0n) is 15.1. The molecule has 3 fully saturated rings. The van der Waals surface area contributed by atoms with Gasteiger partial charge in [-0.25, -0.2) is 0 Å². The summed E-state index contributed by atoms with van der Waals surface area (Å²) in [5.41, 5.74) is 2.62. The van der Waals surface area contributed by atoms with E-state index in [-0.39, 0.29) is 23.2 Å². The number of hydrogen-bond donors (Lipinski definition) is 1. The van der Waals surface area contributed by atoms with E-state index in [2.05, 4.69) is 38.1 Å². The van der Waals surface area contributed by atoms with Crippen LogP contribution in [-0.4, -0.2) is 35.0 Å². The van der Waals surface area contributed by atoms with Gasteiger partial charge in [0, 0.05) is 19.0 Å². The number of rotatable bonds is 4. The predicted molar refractivity (Wildman–Crippen MR) is 95.4 cm³/mol. The van der Waals surface area contributed by atoms with Crippen LogP contribution in [0.3, 0.4) is 0 Å². The lowest BCUT2D eigenvalue weighted by Crippen LogP contribution is -2.41. The number of carboxylic acids is 1. The Bertz CT molecular complexity index is 686. The van der Waals surface area contributed by atoms with Crippen molar-refractivity contribution in [1.29, 1.82) is 0 Å². The maximum absolute atomic E-state index is 12.8. The first-order valence-electron chi connectivity index (χ1n) is 9.53. The first-order chi connectivity index (χ1) is 11.9. The van der Waals surface area contributed by atoms with Crippen LogP contribution in [0.15, 0.2) is 24.3 Å². The number of carbonyl (C=O) groups excluding carboxylic acids is 1. The molecule has 1 spiro atoms. The van der Waals surface area contributed by atoms with Crippen molar-refractivity contribution in [3.8, 4) is 0 Å². The Balaban J connectivity index is 1.32. The van der Waals surface area contributed by atoms with Gasteiger partial charge in [-0.15, -0.1) is 0 Å². The average molecular weight is 341 g/mol. The molecule has 0 radical (unpaired) electrons. The van der Waals surface area contributed by atoms with Crippen LogP contribution in [0.2, 0.25) is 0 Å². The molecule has 1 N–H and O–H groups in total. The molecule has 3 unspecified atom stereocenters. The molecule has 134 valence electrons. The summed E-state index contributed by atoms with van der Waals surface area (Å²) >= 11 is 0. The van der Waals surface area contributed by atoms with E-state index in [1.54, 1.807) is 0 Å². The van der Waals surface area contributed by atoms with Crippen LogP contribution in [-0.2, 0) is 9.59 Å². The molecule has 0 bridgehead atoms. The zero-order chi connectivity index (χ0) is 17.8. The SMILES string of the molecule is CC(C)c1ccc(C2CC2C(=O)N2CCC3(CC2)CC3C(=O)O)cc1. The number of piperidine rings is 1. The van der Waals surface area contributed by atoms with Crippen molar-refractivity contribution in [2.45, 2.75) is 51.4 Å². The highest BCUT2D eigenvalue weighted by Crippen LogP contribution is 2.60. The number of hydrogen-bond acceptors (Lipinski definition) is 2. The average Bonchev–Trinajstić information content (AvgIpc) is 3.50. The first kappa shape index (κ1) is 16.6. The molecular formula is C21H27NO3. The third-order valence-electron chi connectivity index (χ3n) is 6.70. The van der Waals surface area contributed by atoms with Gasteiger partial charge in [0.1, 0.15) is 0 Å². The number of carboxylic acid groups (broad SMARTS) is 1. The Morgan fingerprint density at radius 2 is 1.80 bits per heavy atom. The van der Waals surface area contributed by atoms with Gasteiger partial charge < -0.3 is 10.0 Å². The fourth-order valence-corrected chi connectivity index (χ4v) is 4.62. The third-order valence-corrected chi connectivity index (χ3v) is 6.70. The van der Waals surface area contributed by atoms with Crippen LogP contribution in [0.4, 0.5) is 0 Å². The molecule has 1 aliphatic heterocycles. The second-order valence-corrected chi connectivity index (χ2v) is 8.55. The summed E-state index contributed by atoms with van der Waals surface area (Å²) in [6.07, 6.45) is 3.48. The highest BCUT2D eigenvalue weighted by molar-refractivity contribution is 5.83. The van der Waals surface area contributed by atoms with E-state index >= 15 is 0 Å². The molecule has 2 saturated carbocycles. The fourth-order valence-electron chi connectivity index (χ4n) is 4.62. The van der Waals surface area contributed by atoms with Gasteiger partial charge in [-0.1, -0.05) is 38.1 Å². The lowest BCUT2D eigenvalue weighted by molar-refractivity contribution is -0.140. The number of amides is 1. The van der Waals surface area contributed by atoms with Crippen LogP contribution in [0.5, 0.6) is 0 Å². The summed E-state index contributed by atoms with van der Waals surface area (Å²) in [7, 11) is 0. The number of nitrogens with zero attached hydrogens (tertiary/aromatic N) is 1. The summed E-state index contributed by atoms with van der Waals surface area (Å²) < 4.78 is 0. The van der Waals surface area contributed by atoms with Crippen molar-refractivity contribution in [1.82, 2.24) is 4.90 Å². The van der Waals surface area contributed by atoms with Crippen LogP contribution < -0.4 is 0 Å². The van der Waals surface area contributed by atoms with Gasteiger partial charge >= 0.3 is 5.97 Å². The summed E-state index contributed by atoms with van der Waals surface area (Å²) in [5, 5.41) is 9.18. The summed E-state index contributed by atoms with van der Waals surface area (Å²) in [6, 6.07) is 8.73. The summed E-state index contributed by atoms with van der Waals surface area (Å²) in [4.78, 5) is 25.9. The van der Waals surface area contributed by atoms with Crippen LogP contribution in [0.25, 0.3) is 0 Å². The number of carbonyl (C=O) groups is 2. The Morgan fingerprint density at radius 1 is 1.16 bits per heavy atom. The van der Waals surface area contributed by atoms with Gasteiger partial charge in [-0.05, 0) is 54.1 Å². The minimum atomic E-state index is -0.660. The van der Waals surface area contributed by atoms with Crippen LogP contribution >= 0.6 is 0 Å². The van der Waals surface area contributed by atoms with E-state index in [0.29, 0.717) is 11.8 Å². The summed E-state index contributed by atoms with van der Waals surface area (Å²) in [5.74, 6) is 0.485. The van der Waals surface area contributed by atoms with Gasteiger partial charge in [-0.2, -0.15) is 0 Å². The maximum Gasteiger partial charge on any atom is 0.307 e. The molecular weight excluding hydrogens is 314 g/mol.